The molecule has 0 amide bonds. The largest absolute Gasteiger partial charge is 0.389 e. The van der Waals surface area contributed by atoms with Gasteiger partial charge in [-0.1, -0.05) is 12.6 Å². The normalized spacial score (nSPS) is 15.4. The summed E-state index contributed by atoms with van der Waals surface area (Å²) in [5, 5.41) is 13.7. The van der Waals surface area contributed by atoms with E-state index in [4.69, 9.17) is 5.26 Å². The zero-order chi connectivity index (χ0) is 24.3. The van der Waals surface area contributed by atoms with Crippen LogP contribution in [-0.4, -0.2) is 40.2 Å². The molecule has 1 fully saturated rings. The first-order chi connectivity index (χ1) is 16.2. The standard InChI is InChI=1S/C26H28F3N5/c1-3-19-12-22(13-21(31-19)6-9-26(27,28)29)32-20-7-10-34(11-8-20)16-18-4-5-25-24(17(18)2)14-23(15-30)33-25/h3-5,12-14,20,33H,1,6-11,16H2,2H3,(H,31,32). The smallest absolute Gasteiger partial charge is 0.382 e. The lowest BCUT2D eigenvalue weighted by molar-refractivity contribution is -0.134. The Bertz CT molecular complexity index is 1210. The average Bonchev–Trinajstić information content (AvgIpc) is 3.24. The third kappa shape index (κ3) is 5.78. The maximum atomic E-state index is 12.6. The van der Waals surface area contributed by atoms with E-state index in [0.717, 1.165) is 49.1 Å². The van der Waals surface area contributed by atoms with Crippen LogP contribution in [0.5, 0.6) is 0 Å². The highest BCUT2D eigenvalue weighted by atomic mass is 19.4. The van der Waals surface area contributed by atoms with Crippen LogP contribution in [0.25, 0.3) is 17.0 Å². The average molecular weight is 468 g/mol. The van der Waals surface area contributed by atoms with E-state index in [1.165, 1.54) is 11.1 Å². The van der Waals surface area contributed by atoms with E-state index in [0.29, 0.717) is 17.1 Å². The van der Waals surface area contributed by atoms with E-state index >= 15 is 0 Å². The Morgan fingerprint density at radius 2 is 2.03 bits per heavy atom. The molecule has 0 saturated carbocycles. The zero-order valence-corrected chi connectivity index (χ0v) is 19.2. The number of nitriles is 1. The molecule has 1 saturated heterocycles. The summed E-state index contributed by atoms with van der Waals surface area (Å²) in [5.41, 5.74) is 5.78. The van der Waals surface area contributed by atoms with E-state index in [1.54, 1.807) is 12.1 Å². The van der Waals surface area contributed by atoms with Gasteiger partial charge in [-0.3, -0.25) is 9.88 Å². The van der Waals surface area contributed by atoms with Crippen molar-refractivity contribution in [3.63, 3.8) is 0 Å². The lowest BCUT2D eigenvalue weighted by Crippen LogP contribution is -2.38. The first kappa shape index (κ1) is 23.8. The topological polar surface area (TPSA) is 67.7 Å². The Labute approximate surface area is 197 Å². The number of pyridine rings is 1. The monoisotopic (exact) mass is 467 g/mol. The maximum Gasteiger partial charge on any atom is 0.389 e. The minimum absolute atomic E-state index is 0.140. The number of hydrogen-bond donors (Lipinski definition) is 2. The van der Waals surface area contributed by atoms with Gasteiger partial charge in [0.15, 0.2) is 0 Å². The number of anilines is 1. The van der Waals surface area contributed by atoms with Gasteiger partial charge in [0.1, 0.15) is 11.8 Å². The number of nitrogens with one attached hydrogen (secondary N) is 2. The quantitative estimate of drug-likeness (QED) is 0.450. The number of aromatic amines is 1. The zero-order valence-electron chi connectivity index (χ0n) is 19.2. The number of fused-ring (bicyclic) bond motifs is 1. The highest BCUT2D eigenvalue weighted by Crippen LogP contribution is 2.26. The van der Waals surface area contributed by atoms with Crippen molar-refractivity contribution in [1.82, 2.24) is 14.9 Å². The van der Waals surface area contributed by atoms with Crippen LogP contribution in [0.1, 0.15) is 47.5 Å². The number of halogens is 3. The second kappa shape index (κ2) is 9.90. The minimum Gasteiger partial charge on any atom is -0.382 e. The summed E-state index contributed by atoms with van der Waals surface area (Å²) in [5.74, 6) is 0. The Morgan fingerprint density at radius 1 is 1.26 bits per heavy atom. The Kier molecular flexibility index (Phi) is 6.94. The van der Waals surface area contributed by atoms with Crippen molar-refractivity contribution in [2.75, 3.05) is 18.4 Å². The Morgan fingerprint density at radius 3 is 2.71 bits per heavy atom. The van der Waals surface area contributed by atoms with Gasteiger partial charge < -0.3 is 10.3 Å². The molecule has 0 aliphatic carbocycles. The van der Waals surface area contributed by atoms with Crippen LogP contribution in [0.2, 0.25) is 0 Å². The van der Waals surface area contributed by atoms with Gasteiger partial charge in [-0.15, -0.1) is 0 Å². The molecule has 0 atom stereocenters. The number of nitrogens with zero attached hydrogens (tertiary/aromatic N) is 3. The number of alkyl halides is 3. The third-order valence-corrected chi connectivity index (χ3v) is 6.43. The number of aryl methyl sites for hydroxylation is 2. The van der Waals surface area contributed by atoms with Crippen molar-refractivity contribution >= 4 is 22.7 Å². The number of benzene rings is 1. The molecule has 1 aliphatic rings. The van der Waals surface area contributed by atoms with Crippen LogP contribution < -0.4 is 5.32 Å². The van der Waals surface area contributed by atoms with Gasteiger partial charge in [0.05, 0.1) is 5.69 Å². The van der Waals surface area contributed by atoms with Gasteiger partial charge in [-0.05, 0) is 67.7 Å². The molecular weight excluding hydrogens is 439 g/mol. The molecule has 0 unspecified atom stereocenters. The van der Waals surface area contributed by atoms with E-state index in [-0.39, 0.29) is 12.5 Å². The van der Waals surface area contributed by atoms with Crippen LogP contribution in [-0.2, 0) is 13.0 Å². The highest BCUT2D eigenvalue weighted by molar-refractivity contribution is 5.85. The van der Waals surface area contributed by atoms with E-state index in [1.807, 2.05) is 18.2 Å². The number of piperidine rings is 1. The van der Waals surface area contributed by atoms with Crippen molar-refractivity contribution in [2.45, 2.75) is 51.4 Å². The second-order valence-corrected chi connectivity index (χ2v) is 8.89. The summed E-state index contributed by atoms with van der Waals surface area (Å²) >= 11 is 0. The van der Waals surface area contributed by atoms with Gasteiger partial charge in [-0.2, -0.15) is 18.4 Å². The molecule has 3 aromatic rings. The molecule has 178 valence electrons. The number of rotatable bonds is 7. The predicted octanol–water partition coefficient (Wildman–Crippen LogP) is 5.96. The summed E-state index contributed by atoms with van der Waals surface area (Å²) in [7, 11) is 0. The van der Waals surface area contributed by atoms with Crippen LogP contribution in [0, 0.1) is 18.3 Å². The first-order valence-electron chi connectivity index (χ1n) is 11.4. The molecule has 2 aromatic heterocycles. The summed E-state index contributed by atoms with van der Waals surface area (Å²) in [6.45, 7) is 8.50. The van der Waals surface area contributed by atoms with Gasteiger partial charge in [-0.25, -0.2) is 0 Å². The summed E-state index contributed by atoms with van der Waals surface area (Å²) in [4.78, 5) is 9.80. The van der Waals surface area contributed by atoms with Gasteiger partial charge >= 0.3 is 6.18 Å². The van der Waals surface area contributed by atoms with Crippen molar-refractivity contribution in [2.24, 2.45) is 0 Å². The van der Waals surface area contributed by atoms with Gasteiger partial charge in [0.25, 0.3) is 0 Å². The SMILES string of the molecule is C=Cc1cc(NC2CCN(Cc3ccc4[nH]c(C#N)cc4c3C)CC2)cc(CCC(F)(F)F)n1. The molecule has 34 heavy (non-hydrogen) atoms. The van der Waals surface area contributed by atoms with Crippen molar-refractivity contribution < 1.29 is 13.2 Å². The van der Waals surface area contributed by atoms with Crippen molar-refractivity contribution in [3.8, 4) is 6.07 Å². The molecule has 3 heterocycles. The van der Waals surface area contributed by atoms with E-state index in [9.17, 15) is 13.2 Å². The minimum atomic E-state index is -4.20. The fourth-order valence-electron chi connectivity index (χ4n) is 4.53. The van der Waals surface area contributed by atoms with E-state index in [2.05, 4.69) is 45.8 Å². The van der Waals surface area contributed by atoms with Crippen molar-refractivity contribution in [3.05, 3.63) is 65.1 Å². The van der Waals surface area contributed by atoms with Gasteiger partial charge in [0, 0.05) is 54.4 Å². The molecular formula is C26H28F3N5. The molecule has 0 spiro atoms. The summed E-state index contributed by atoms with van der Waals surface area (Å²) < 4.78 is 37.9. The second-order valence-electron chi connectivity index (χ2n) is 8.89. The molecule has 1 aliphatic heterocycles. The van der Waals surface area contributed by atoms with Crippen LogP contribution in [0.15, 0.2) is 36.9 Å². The number of hydrogen-bond acceptors (Lipinski definition) is 4. The Balaban J connectivity index is 1.36. The fourth-order valence-corrected chi connectivity index (χ4v) is 4.53. The van der Waals surface area contributed by atoms with Crippen LogP contribution in [0.4, 0.5) is 18.9 Å². The maximum absolute atomic E-state index is 12.6. The molecule has 0 bridgehead atoms. The molecule has 0 radical (unpaired) electrons. The third-order valence-electron chi connectivity index (χ3n) is 6.43. The van der Waals surface area contributed by atoms with Gasteiger partial charge in [0.2, 0.25) is 0 Å². The predicted molar refractivity (Wildman–Crippen MR) is 128 cm³/mol. The summed E-state index contributed by atoms with van der Waals surface area (Å²) in [6.07, 6.45) is -1.78. The molecule has 4 rings (SSSR count). The van der Waals surface area contributed by atoms with Crippen molar-refractivity contribution in [1.29, 1.82) is 5.26 Å². The van der Waals surface area contributed by atoms with Crippen LogP contribution >= 0.6 is 0 Å². The van der Waals surface area contributed by atoms with Crippen LogP contribution in [0.3, 0.4) is 0 Å². The summed E-state index contributed by atoms with van der Waals surface area (Å²) in [6, 6.07) is 12.0. The lowest BCUT2D eigenvalue weighted by Gasteiger charge is -2.33. The number of aromatic nitrogens is 2. The molecule has 8 heteroatoms. The Hall–Kier alpha value is -3.31. The fraction of sp³-hybridized carbons (Fsp3) is 0.385. The molecule has 5 nitrogen and oxygen atoms in total. The lowest BCUT2D eigenvalue weighted by atomic mass is 10.0. The first-order valence-corrected chi connectivity index (χ1v) is 11.4. The molecule has 1 aromatic carbocycles. The molecule has 2 N–H and O–H groups in total. The number of likely N-dealkylation sites (tertiary alicyclic amines) is 1. The highest BCUT2D eigenvalue weighted by Gasteiger charge is 2.27. The van der Waals surface area contributed by atoms with E-state index < -0.39 is 12.6 Å². The number of H-pyrrole nitrogens is 1.